The fourth-order valence-electron chi connectivity index (χ4n) is 2.72. The number of halogens is 2. The first kappa shape index (κ1) is 19.7. The summed E-state index contributed by atoms with van der Waals surface area (Å²) < 4.78 is 53.5. The van der Waals surface area contributed by atoms with E-state index in [4.69, 9.17) is 5.73 Å². The number of imidazole rings is 1. The van der Waals surface area contributed by atoms with Crippen molar-refractivity contribution in [1.29, 1.82) is 0 Å². The highest BCUT2D eigenvalue weighted by atomic mass is 32.2. The van der Waals surface area contributed by atoms with Crippen LogP contribution in [0.25, 0.3) is 11.0 Å². The van der Waals surface area contributed by atoms with Crippen molar-refractivity contribution in [2.24, 2.45) is 0 Å². The van der Waals surface area contributed by atoms with Crippen molar-refractivity contribution in [1.82, 2.24) is 8.96 Å². The number of fused-ring (bicyclic) bond motifs is 1. The molecule has 0 saturated heterocycles. The molecule has 28 heavy (non-hydrogen) atoms. The van der Waals surface area contributed by atoms with Crippen LogP contribution in [-0.2, 0) is 10.0 Å². The molecule has 3 aromatic rings. The summed E-state index contributed by atoms with van der Waals surface area (Å²) in [7, 11) is -2.43. The van der Waals surface area contributed by atoms with E-state index in [1.54, 1.807) is 0 Å². The van der Waals surface area contributed by atoms with Crippen LogP contribution in [0.1, 0.15) is 24.2 Å². The minimum absolute atomic E-state index is 0.183. The van der Waals surface area contributed by atoms with Crippen molar-refractivity contribution < 1.29 is 22.0 Å². The maximum atomic E-state index is 14.0. The van der Waals surface area contributed by atoms with Gasteiger partial charge in [0.1, 0.15) is 0 Å². The topological polar surface area (TPSA) is 98.3 Å². The molecular weight excluding hydrogens is 390 g/mol. The number of carbonyl (C=O) groups is 1. The van der Waals surface area contributed by atoms with Crippen molar-refractivity contribution in [2.75, 3.05) is 17.7 Å². The zero-order valence-corrected chi connectivity index (χ0v) is 16.2. The molecule has 10 heteroatoms. The number of carbonyl (C=O) groups excluding carboxylic acids is 1. The molecule has 7 nitrogen and oxygen atoms in total. The van der Waals surface area contributed by atoms with Gasteiger partial charge in [-0.15, -0.1) is 0 Å². The molecule has 1 aromatic heterocycles. The first-order chi connectivity index (χ1) is 13.1. The molecule has 0 bridgehead atoms. The number of hydrogen-bond acceptors (Lipinski definition) is 5. The predicted octanol–water partition coefficient (Wildman–Crippen LogP) is 2.76. The summed E-state index contributed by atoms with van der Waals surface area (Å²) in [6.45, 7) is 3.01. The fourth-order valence-corrected chi connectivity index (χ4v) is 3.86. The monoisotopic (exact) mass is 408 g/mol. The second-order valence-electron chi connectivity index (χ2n) is 6.47. The van der Waals surface area contributed by atoms with Crippen LogP contribution in [0, 0.1) is 11.6 Å². The summed E-state index contributed by atoms with van der Waals surface area (Å²) in [6, 6.07) is 7.73. The van der Waals surface area contributed by atoms with E-state index in [1.807, 2.05) is 0 Å². The smallest absolute Gasteiger partial charge is 0.261 e. The van der Waals surface area contributed by atoms with Gasteiger partial charge in [0.15, 0.2) is 11.6 Å². The third-order valence-corrected chi connectivity index (χ3v) is 6.43. The van der Waals surface area contributed by atoms with Gasteiger partial charge in [-0.05, 0) is 44.2 Å². The summed E-state index contributed by atoms with van der Waals surface area (Å²) in [4.78, 5) is 17.7. The molecule has 0 radical (unpaired) electrons. The summed E-state index contributed by atoms with van der Waals surface area (Å²) in [6.07, 6.45) is 0. The molecule has 2 aromatic carbocycles. The van der Waals surface area contributed by atoms with Crippen LogP contribution in [0.4, 0.5) is 20.4 Å². The van der Waals surface area contributed by atoms with Crippen LogP contribution in [0.5, 0.6) is 0 Å². The number of nitrogens with zero attached hydrogens (tertiary/aromatic N) is 3. The quantitative estimate of drug-likeness (QED) is 0.716. The summed E-state index contributed by atoms with van der Waals surface area (Å²) in [5, 5.41) is -0.753. The molecule has 1 amide bonds. The average Bonchev–Trinajstić information content (AvgIpc) is 2.98. The van der Waals surface area contributed by atoms with Crippen molar-refractivity contribution in [3.8, 4) is 0 Å². The van der Waals surface area contributed by atoms with Gasteiger partial charge in [0, 0.05) is 12.7 Å². The molecule has 0 aliphatic rings. The van der Waals surface area contributed by atoms with E-state index < -0.39 is 38.4 Å². The van der Waals surface area contributed by atoms with Gasteiger partial charge in [0.2, 0.25) is 16.0 Å². The number of nitrogens with two attached hydrogens (primary N) is 1. The molecule has 0 fully saturated rings. The Morgan fingerprint density at radius 2 is 1.89 bits per heavy atom. The molecular formula is C18H18F2N4O3S. The minimum atomic E-state index is -3.80. The zero-order chi connectivity index (χ0) is 20.8. The van der Waals surface area contributed by atoms with E-state index in [0.29, 0.717) is 5.52 Å². The third kappa shape index (κ3) is 3.09. The van der Waals surface area contributed by atoms with E-state index >= 15 is 0 Å². The van der Waals surface area contributed by atoms with Gasteiger partial charge < -0.3 is 10.6 Å². The first-order valence-electron chi connectivity index (χ1n) is 8.30. The number of amides is 1. The van der Waals surface area contributed by atoms with Crippen LogP contribution in [-0.4, -0.2) is 35.6 Å². The van der Waals surface area contributed by atoms with Crippen molar-refractivity contribution >= 4 is 38.6 Å². The van der Waals surface area contributed by atoms with Crippen LogP contribution < -0.4 is 10.6 Å². The Morgan fingerprint density at radius 3 is 2.54 bits per heavy atom. The number of aromatic nitrogens is 2. The predicted molar refractivity (Wildman–Crippen MR) is 103 cm³/mol. The van der Waals surface area contributed by atoms with Crippen molar-refractivity contribution in [3.63, 3.8) is 0 Å². The molecule has 0 unspecified atom stereocenters. The molecule has 0 spiro atoms. The van der Waals surface area contributed by atoms with E-state index in [9.17, 15) is 22.0 Å². The highest BCUT2D eigenvalue weighted by Crippen LogP contribution is 2.27. The van der Waals surface area contributed by atoms with Gasteiger partial charge in [-0.1, -0.05) is 6.07 Å². The maximum Gasteiger partial charge on any atom is 0.261 e. The Morgan fingerprint density at radius 1 is 1.21 bits per heavy atom. The SMILES string of the molecule is CC(C)S(=O)(=O)n1c(N)nc2ccc(N(C)C(=O)c3cccc(F)c3F)cc21. The lowest BCUT2D eigenvalue weighted by atomic mass is 10.1. The van der Waals surface area contributed by atoms with Gasteiger partial charge in [-0.3, -0.25) is 4.79 Å². The fraction of sp³-hybridized carbons (Fsp3) is 0.222. The van der Waals surface area contributed by atoms with Gasteiger partial charge >= 0.3 is 0 Å². The molecule has 148 valence electrons. The van der Waals surface area contributed by atoms with Crippen LogP contribution >= 0.6 is 0 Å². The van der Waals surface area contributed by atoms with E-state index in [-0.39, 0.29) is 17.2 Å². The standard InChI is InChI=1S/C18H18F2N4O3S/c1-10(2)28(26,27)24-15-9-11(7-8-14(15)22-18(24)21)23(3)17(25)12-5-4-6-13(19)16(12)20/h4-10H,1-3H3,(H2,21,22). The number of rotatable bonds is 4. The highest BCUT2D eigenvalue weighted by Gasteiger charge is 2.26. The van der Waals surface area contributed by atoms with Crippen LogP contribution in [0.15, 0.2) is 36.4 Å². The zero-order valence-electron chi connectivity index (χ0n) is 15.3. The second kappa shape index (κ2) is 6.86. The Labute approximate surface area is 160 Å². The number of hydrogen-bond donors (Lipinski definition) is 1. The lowest BCUT2D eigenvalue weighted by molar-refractivity contribution is 0.0988. The Bertz CT molecular complexity index is 1190. The lowest BCUT2D eigenvalue weighted by Gasteiger charge is -2.18. The molecule has 0 aliphatic heterocycles. The summed E-state index contributed by atoms with van der Waals surface area (Å²) in [5.74, 6) is -3.38. The van der Waals surface area contributed by atoms with Crippen molar-refractivity contribution in [2.45, 2.75) is 19.1 Å². The van der Waals surface area contributed by atoms with Gasteiger partial charge in [-0.25, -0.2) is 26.2 Å². The molecule has 1 heterocycles. The number of nitrogen functional groups attached to an aromatic ring is 1. The van der Waals surface area contributed by atoms with Crippen LogP contribution in [0.2, 0.25) is 0 Å². The van der Waals surface area contributed by atoms with E-state index in [0.717, 1.165) is 14.9 Å². The van der Waals surface area contributed by atoms with Gasteiger partial charge in [0.25, 0.3) is 5.91 Å². The van der Waals surface area contributed by atoms with E-state index in [2.05, 4.69) is 4.98 Å². The van der Waals surface area contributed by atoms with Crippen LogP contribution in [0.3, 0.4) is 0 Å². The largest absolute Gasteiger partial charge is 0.368 e. The number of anilines is 2. The van der Waals surface area contributed by atoms with Crippen molar-refractivity contribution in [3.05, 3.63) is 53.6 Å². The third-order valence-electron chi connectivity index (χ3n) is 4.35. The Balaban J connectivity index is 2.12. The van der Waals surface area contributed by atoms with Gasteiger partial charge in [0.05, 0.1) is 21.8 Å². The molecule has 0 saturated carbocycles. The molecule has 0 aliphatic carbocycles. The minimum Gasteiger partial charge on any atom is -0.368 e. The lowest BCUT2D eigenvalue weighted by Crippen LogP contribution is -2.27. The number of benzene rings is 2. The van der Waals surface area contributed by atoms with E-state index in [1.165, 1.54) is 51.2 Å². The highest BCUT2D eigenvalue weighted by molar-refractivity contribution is 7.90. The molecule has 3 rings (SSSR count). The summed E-state index contributed by atoms with van der Waals surface area (Å²) >= 11 is 0. The molecule has 2 N–H and O–H groups in total. The first-order valence-corrected chi connectivity index (χ1v) is 9.80. The van der Waals surface area contributed by atoms with Gasteiger partial charge in [-0.2, -0.15) is 0 Å². The average molecular weight is 408 g/mol. The summed E-state index contributed by atoms with van der Waals surface area (Å²) in [5.41, 5.74) is 6.12. The molecule has 0 atom stereocenters. The maximum absolute atomic E-state index is 14.0. The Hall–Kier alpha value is -3.01. The Kier molecular flexibility index (Phi) is 4.84. The normalized spacial score (nSPS) is 11.9. The second-order valence-corrected chi connectivity index (χ2v) is 8.80.